The van der Waals surface area contributed by atoms with Crippen LogP contribution in [0.2, 0.25) is 0 Å². The van der Waals surface area contributed by atoms with Crippen molar-refractivity contribution in [2.45, 2.75) is 63.0 Å². The number of methoxy groups -OCH3 is 1. The van der Waals surface area contributed by atoms with Crippen LogP contribution < -0.4 is 15.4 Å². The third-order valence-electron chi connectivity index (χ3n) is 10.7. The van der Waals surface area contributed by atoms with E-state index in [4.69, 9.17) is 15.2 Å². The molecule has 4 aromatic rings. The van der Waals surface area contributed by atoms with E-state index in [1.54, 1.807) is 30.8 Å². The van der Waals surface area contributed by atoms with Crippen LogP contribution in [0.4, 0.5) is 32.8 Å². The fourth-order valence-electron chi connectivity index (χ4n) is 8.14. The number of alkyl halides is 3. The number of thiophene rings is 1. The van der Waals surface area contributed by atoms with Crippen LogP contribution in [0.15, 0.2) is 30.9 Å². The molecule has 5 heterocycles. The van der Waals surface area contributed by atoms with Crippen LogP contribution in [0.25, 0.3) is 32.1 Å². The van der Waals surface area contributed by atoms with Crippen molar-refractivity contribution in [3.05, 3.63) is 53.6 Å². The lowest BCUT2D eigenvalue weighted by molar-refractivity contribution is -0.137. The average Bonchev–Trinajstić information content (AvgIpc) is 3.78. The first-order valence-corrected chi connectivity index (χ1v) is 17.7. The first-order valence-electron chi connectivity index (χ1n) is 16.8. The van der Waals surface area contributed by atoms with Crippen molar-refractivity contribution in [1.82, 2.24) is 19.8 Å². The van der Waals surface area contributed by atoms with Crippen molar-refractivity contribution >= 4 is 49.1 Å². The Morgan fingerprint density at radius 3 is 2.67 bits per heavy atom. The number of carbonyl (C=O) groups excluding carboxylic acids is 1. The minimum atomic E-state index is -5.11. The molecular weight excluding hydrogens is 705 g/mol. The molecule has 0 saturated carbocycles. The highest BCUT2D eigenvalue weighted by Crippen LogP contribution is 2.48. The summed E-state index contributed by atoms with van der Waals surface area (Å²) < 4.78 is 89.2. The summed E-state index contributed by atoms with van der Waals surface area (Å²) in [5.41, 5.74) is 2.27. The number of anilines is 2. The number of carbonyl (C=O) groups is 1. The molecule has 3 fully saturated rings. The summed E-state index contributed by atoms with van der Waals surface area (Å²) in [6.07, 6.45) is -1.46. The van der Waals surface area contributed by atoms with Crippen molar-refractivity contribution in [3.63, 3.8) is 0 Å². The summed E-state index contributed by atoms with van der Waals surface area (Å²) in [6, 6.07) is 3.47. The summed E-state index contributed by atoms with van der Waals surface area (Å²) in [4.78, 5) is 27.3. The van der Waals surface area contributed by atoms with Crippen LogP contribution in [0.1, 0.15) is 44.2 Å². The van der Waals surface area contributed by atoms with Gasteiger partial charge in [0.1, 0.15) is 34.8 Å². The number of nitrogens with two attached hydrogens (primary N) is 1. The zero-order chi connectivity index (χ0) is 37.3. The Kier molecular flexibility index (Phi) is 9.03. The number of nitrogens with zero attached hydrogens (tertiary/aromatic N) is 6. The Bertz CT molecular complexity index is 2150. The zero-order valence-electron chi connectivity index (χ0n) is 28.7. The molecule has 3 aliphatic rings. The molecule has 16 heteroatoms. The highest BCUT2D eigenvalue weighted by molar-refractivity contribution is 7.23. The van der Waals surface area contributed by atoms with Crippen LogP contribution >= 0.6 is 11.3 Å². The quantitative estimate of drug-likeness (QED) is 0.167. The molecule has 0 spiro atoms. The van der Waals surface area contributed by atoms with Crippen molar-refractivity contribution in [1.29, 1.82) is 5.26 Å². The molecule has 0 aliphatic carbocycles. The Morgan fingerprint density at radius 1 is 1.21 bits per heavy atom. The summed E-state index contributed by atoms with van der Waals surface area (Å²) in [7, 11) is 1.65. The largest absolute Gasteiger partial charge is 0.461 e. The highest BCUT2D eigenvalue weighted by atomic mass is 32.1. The molecule has 2 aromatic carbocycles. The van der Waals surface area contributed by atoms with Crippen molar-refractivity contribution in [3.8, 4) is 23.2 Å². The van der Waals surface area contributed by atoms with Crippen molar-refractivity contribution in [2.24, 2.45) is 0 Å². The standard InChI is InChI=1S/C36H36F5N7O3S/c1-5-26(49)47-14-19(3)48(15-18(47)2)33-22-11-24(36(39,40)41)28(21-7-8-25(37)31-27(21)23(13-42)32(43)52-31)29(38)30(22)44-34(45-33)51-17-35-9-6-10-46(35)16-20(12-35)50-4/h5,7-8,11,18-20H,1,6,9-10,12,14-17,43H2,2-4H3. The molecule has 4 atom stereocenters. The third kappa shape index (κ3) is 5.79. The van der Waals surface area contributed by atoms with Gasteiger partial charge >= 0.3 is 12.2 Å². The molecule has 52 heavy (non-hydrogen) atoms. The number of benzene rings is 2. The number of aromatic nitrogens is 2. The van der Waals surface area contributed by atoms with Gasteiger partial charge < -0.3 is 25.0 Å². The lowest BCUT2D eigenvalue weighted by Crippen LogP contribution is -2.58. The second kappa shape index (κ2) is 13.1. The van der Waals surface area contributed by atoms with E-state index in [1.165, 1.54) is 6.08 Å². The number of ether oxygens (including phenoxy) is 2. The fourth-order valence-corrected chi connectivity index (χ4v) is 9.09. The monoisotopic (exact) mass is 741 g/mol. The van der Waals surface area contributed by atoms with Crippen LogP contribution in [0, 0.1) is 23.0 Å². The SMILES string of the molecule is C=CC(=O)N1CC(C)N(c2nc(OCC34CCCN3CC(OC)C4)nc3c(F)c(-c4ccc(F)c5sc(N)c(C#N)c45)c(C(F)(F)F)cc23)CC1C. The predicted molar refractivity (Wildman–Crippen MR) is 187 cm³/mol. The Balaban J connectivity index is 1.45. The maximum absolute atomic E-state index is 17.2. The second-order valence-corrected chi connectivity index (χ2v) is 14.8. The van der Waals surface area contributed by atoms with Gasteiger partial charge in [0, 0.05) is 55.2 Å². The van der Waals surface area contributed by atoms with Crippen molar-refractivity contribution in [2.75, 3.05) is 50.5 Å². The van der Waals surface area contributed by atoms with Gasteiger partial charge in [-0.3, -0.25) is 9.69 Å². The van der Waals surface area contributed by atoms with Gasteiger partial charge in [0.25, 0.3) is 0 Å². The van der Waals surface area contributed by atoms with Crippen LogP contribution in [-0.2, 0) is 15.7 Å². The van der Waals surface area contributed by atoms with E-state index in [0.29, 0.717) is 17.8 Å². The molecule has 2 aromatic heterocycles. The number of piperazine rings is 1. The Labute approximate surface area is 300 Å². The molecule has 4 unspecified atom stereocenters. The minimum Gasteiger partial charge on any atom is -0.461 e. The average molecular weight is 742 g/mol. The molecule has 1 amide bonds. The van der Waals surface area contributed by atoms with Gasteiger partial charge in [-0.25, -0.2) is 8.78 Å². The molecule has 3 aliphatic heterocycles. The normalized spacial score (nSPS) is 23.7. The Morgan fingerprint density at radius 2 is 1.98 bits per heavy atom. The summed E-state index contributed by atoms with van der Waals surface area (Å²) in [6.45, 7) is 9.21. The van der Waals surface area contributed by atoms with Crippen LogP contribution in [0.5, 0.6) is 6.01 Å². The van der Waals surface area contributed by atoms with E-state index < -0.39 is 46.5 Å². The zero-order valence-corrected chi connectivity index (χ0v) is 29.5. The number of halogens is 5. The predicted octanol–water partition coefficient (Wildman–Crippen LogP) is 6.51. The maximum Gasteiger partial charge on any atom is 0.417 e. The molecule has 0 bridgehead atoms. The second-order valence-electron chi connectivity index (χ2n) is 13.8. The van der Waals surface area contributed by atoms with E-state index in [0.717, 1.165) is 44.1 Å². The number of amides is 1. The molecule has 3 saturated heterocycles. The number of hydrogen-bond donors (Lipinski definition) is 1. The molecule has 7 rings (SSSR count). The summed E-state index contributed by atoms with van der Waals surface area (Å²) in [5.74, 6) is -2.45. The number of rotatable bonds is 7. The molecule has 2 N–H and O–H groups in total. The lowest BCUT2D eigenvalue weighted by atomic mass is 9.92. The molecule has 10 nitrogen and oxygen atoms in total. The van der Waals surface area contributed by atoms with Gasteiger partial charge in [0.15, 0.2) is 5.82 Å². The van der Waals surface area contributed by atoms with E-state index in [2.05, 4.69) is 21.4 Å². The van der Waals surface area contributed by atoms with Gasteiger partial charge in [0.05, 0.1) is 27.5 Å². The Hall–Kier alpha value is -4.59. The maximum atomic E-state index is 17.2. The van der Waals surface area contributed by atoms with Gasteiger partial charge in [-0.1, -0.05) is 12.6 Å². The number of nitrogen functional groups attached to an aromatic ring is 1. The van der Waals surface area contributed by atoms with Crippen LogP contribution in [-0.4, -0.2) is 89.3 Å². The summed E-state index contributed by atoms with van der Waals surface area (Å²) >= 11 is 0.694. The molecule has 274 valence electrons. The van der Waals surface area contributed by atoms with E-state index in [9.17, 15) is 14.4 Å². The van der Waals surface area contributed by atoms with E-state index >= 15 is 17.6 Å². The summed E-state index contributed by atoms with van der Waals surface area (Å²) in [5, 5.41) is 9.31. The topological polar surface area (TPSA) is 121 Å². The third-order valence-corrected chi connectivity index (χ3v) is 11.7. The first kappa shape index (κ1) is 35.8. The van der Waals surface area contributed by atoms with Crippen molar-refractivity contribution < 1.29 is 36.2 Å². The molecular formula is C36H36F5N7O3S. The smallest absolute Gasteiger partial charge is 0.417 e. The first-order chi connectivity index (χ1) is 24.7. The van der Waals surface area contributed by atoms with E-state index in [-0.39, 0.29) is 80.7 Å². The fraction of sp³-hybridized carbons (Fsp3) is 0.444. The lowest BCUT2D eigenvalue weighted by Gasteiger charge is -2.44. The van der Waals surface area contributed by atoms with Gasteiger partial charge in [0.2, 0.25) is 5.91 Å². The van der Waals surface area contributed by atoms with Gasteiger partial charge in [-0.15, -0.1) is 11.3 Å². The number of hydrogen-bond acceptors (Lipinski definition) is 10. The minimum absolute atomic E-state index is 0.00437. The number of fused-ring (bicyclic) bond motifs is 3. The highest BCUT2D eigenvalue weighted by Gasteiger charge is 2.49. The molecule has 0 radical (unpaired) electrons. The van der Waals surface area contributed by atoms with E-state index in [1.807, 2.05) is 6.07 Å². The van der Waals surface area contributed by atoms with Gasteiger partial charge in [-0.2, -0.15) is 28.4 Å². The van der Waals surface area contributed by atoms with Crippen LogP contribution in [0.3, 0.4) is 0 Å². The number of nitriles is 1. The van der Waals surface area contributed by atoms with Gasteiger partial charge in [-0.05, 0) is 63.4 Å².